The van der Waals surface area contributed by atoms with E-state index >= 15 is 0 Å². The Labute approximate surface area is 134 Å². The Kier molecular flexibility index (Phi) is 4.38. The van der Waals surface area contributed by atoms with E-state index in [1.807, 2.05) is 25.7 Å². The molecule has 2 atom stereocenters. The van der Waals surface area contributed by atoms with Gasteiger partial charge in [-0.15, -0.1) is 0 Å². The summed E-state index contributed by atoms with van der Waals surface area (Å²) in [5.74, 6) is 0. The molecule has 5 heteroatoms. The van der Waals surface area contributed by atoms with Gasteiger partial charge in [-0.05, 0) is 65.8 Å². The normalized spacial score (nSPS) is 31.1. The lowest BCUT2D eigenvalue weighted by molar-refractivity contribution is -0.0499. The average Bonchev–Trinajstić information content (AvgIpc) is 2.87. The van der Waals surface area contributed by atoms with Crippen LogP contribution in [0, 0.1) is 0 Å². The topological polar surface area (TPSA) is 53.6 Å². The first-order valence-electron chi connectivity index (χ1n) is 8.85. The first kappa shape index (κ1) is 16.1. The maximum atomic E-state index is 12.5. The molecule has 2 aliphatic heterocycles. The molecule has 22 heavy (non-hydrogen) atoms. The third-order valence-electron chi connectivity index (χ3n) is 5.33. The van der Waals surface area contributed by atoms with Gasteiger partial charge in [0.25, 0.3) is 0 Å². The predicted molar refractivity (Wildman–Crippen MR) is 87.0 cm³/mol. The van der Waals surface area contributed by atoms with Crippen LogP contribution in [-0.2, 0) is 4.74 Å². The summed E-state index contributed by atoms with van der Waals surface area (Å²) in [6.07, 6.45) is 6.73. The Hall–Kier alpha value is -0.810. The van der Waals surface area contributed by atoms with Crippen LogP contribution in [0.2, 0.25) is 0 Å². The molecule has 2 saturated heterocycles. The summed E-state index contributed by atoms with van der Waals surface area (Å²) < 4.78 is 5.63. The quantitative estimate of drug-likeness (QED) is 0.821. The number of carbonyl (C=O) groups excluding carboxylic acids is 1. The van der Waals surface area contributed by atoms with Crippen molar-refractivity contribution in [1.82, 2.24) is 15.5 Å². The molecule has 1 amide bonds. The molecular weight excluding hydrogens is 278 g/mol. The molecule has 0 aromatic rings. The van der Waals surface area contributed by atoms with Crippen molar-refractivity contribution < 1.29 is 9.53 Å². The second kappa shape index (κ2) is 6.00. The zero-order chi connectivity index (χ0) is 15.8. The van der Waals surface area contributed by atoms with Crippen LogP contribution >= 0.6 is 0 Å². The third-order valence-corrected chi connectivity index (χ3v) is 5.33. The molecule has 0 aromatic heterocycles. The first-order valence-corrected chi connectivity index (χ1v) is 8.85. The smallest absolute Gasteiger partial charge is 0.410 e. The van der Waals surface area contributed by atoms with E-state index in [2.05, 4.69) is 10.6 Å². The van der Waals surface area contributed by atoms with Crippen molar-refractivity contribution in [2.24, 2.45) is 0 Å². The average molecular weight is 309 g/mol. The molecule has 2 unspecified atom stereocenters. The SMILES string of the molecule is CC(C)(C)OC(=O)N1CCC(NC2CCNC2)CC12CCC2. The van der Waals surface area contributed by atoms with Gasteiger partial charge >= 0.3 is 6.09 Å². The fourth-order valence-corrected chi connectivity index (χ4v) is 4.13. The van der Waals surface area contributed by atoms with Crippen LogP contribution in [0.1, 0.15) is 59.3 Å². The van der Waals surface area contributed by atoms with Crippen LogP contribution < -0.4 is 10.6 Å². The van der Waals surface area contributed by atoms with Gasteiger partial charge in [-0.25, -0.2) is 4.79 Å². The number of amides is 1. The zero-order valence-electron chi connectivity index (χ0n) is 14.3. The Bertz CT molecular complexity index is 409. The number of piperidine rings is 1. The molecule has 2 N–H and O–H groups in total. The van der Waals surface area contributed by atoms with Gasteiger partial charge in [0.1, 0.15) is 5.60 Å². The van der Waals surface area contributed by atoms with Crippen molar-refractivity contribution in [3.63, 3.8) is 0 Å². The second-order valence-corrected chi connectivity index (χ2v) is 8.26. The Morgan fingerprint density at radius 1 is 1.27 bits per heavy atom. The van der Waals surface area contributed by atoms with E-state index in [-0.39, 0.29) is 11.6 Å². The number of ether oxygens (including phenoxy) is 1. The molecule has 3 fully saturated rings. The van der Waals surface area contributed by atoms with Gasteiger partial charge < -0.3 is 20.3 Å². The highest BCUT2D eigenvalue weighted by atomic mass is 16.6. The van der Waals surface area contributed by atoms with Crippen LogP contribution in [0.5, 0.6) is 0 Å². The molecule has 1 aliphatic carbocycles. The predicted octanol–water partition coefficient (Wildman–Crippen LogP) is 2.26. The van der Waals surface area contributed by atoms with Crippen LogP contribution in [-0.4, -0.2) is 53.9 Å². The minimum atomic E-state index is -0.410. The number of likely N-dealkylation sites (tertiary alicyclic amines) is 1. The standard InChI is InChI=1S/C17H31N3O2/c1-16(2,3)22-15(21)20-10-6-13(11-17(20)7-4-8-17)19-14-5-9-18-12-14/h13-14,18-19H,4-12H2,1-3H3. The van der Waals surface area contributed by atoms with Crippen molar-refractivity contribution in [1.29, 1.82) is 0 Å². The lowest BCUT2D eigenvalue weighted by Gasteiger charge is -2.55. The third kappa shape index (κ3) is 3.40. The minimum Gasteiger partial charge on any atom is -0.444 e. The Balaban J connectivity index is 1.61. The molecule has 1 saturated carbocycles. The summed E-state index contributed by atoms with van der Waals surface area (Å²) in [4.78, 5) is 14.6. The summed E-state index contributed by atoms with van der Waals surface area (Å²) in [5.41, 5.74) is -0.350. The molecular formula is C17H31N3O2. The van der Waals surface area contributed by atoms with E-state index in [4.69, 9.17) is 4.74 Å². The molecule has 2 heterocycles. The molecule has 5 nitrogen and oxygen atoms in total. The number of carbonyl (C=O) groups is 1. The van der Waals surface area contributed by atoms with Gasteiger partial charge in [-0.3, -0.25) is 0 Å². The van der Waals surface area contributed by atoms with Crippen molar-refractivity contribution in [2.75, 3.05) is 19.6 Å². The molecule has 0 radical (unpaired) electrons. The van der Waals surface area contributed by atoms with Crippen LogP contribution in [0.25, 0.3) is 0 Å². The summed E-state index contributed by atoms with van der Waals surface area (Å²) in [7, 11) is 0. The Morgan fingerprint density at radius 3 is 2.59 bits per heavy atom. The monoisotopic (exact) mass is 309 g/mol. The summed E-state index contributed by atoms with van der Waals surface area (Å²) in [6, 6.07) is 1.15. The number of hydrogen-bond donors (Lipinski definition) is 2. The summed E-state index contributed by atoms with van der Waals surface area (Å²) in [6.45, 7) is 8.87. The molecule has 1 spiro atoms. The summed E-state index contributed by atoms with van der Waals surface area (Å²) >= 11 is 0. The second-order valence-electron chi connectivity index (χ2n) is 8.26. The van der Waals surface area contributed by atoms with Gasteiger partial charge in [-0.1, -0.05) is 0 Å². The highest BCUT2D eigenvalue weighted by Crippen LogP contribution is 2.45. The Morgan fingerprint density at radius 2 is 2.05 bits per heavy atom. The van der Waals surface area contributed by atoms with E-state index in [0.29, 0.717) is 12.1 Å². The number of hydrogen-bond acceptors (Lipinski definition) is 4. The minimum absolute atomic E-state index is 0.0598. The fraction of sp³-hybridized carbons (Fsp3) is 0.941. The molecule has 3 rings (SSSR count). The fourth-order valence-electron chi connectivity index (χ4n) is 4.13. The molecule has 126 valence electrons. The number of nitrogens with zero attached hydrogens (tertiary/aromatic N) is 1. The van der Waals surface area contributed by atoms with Crippen molar-refractivity contribution in [2.45, 2.75) is 82.5 Å². The molecule has 0 bridgehead atoms. The number of nitrogens with one attached hydrogen (secondary N) is 2. The highest BCUT2D eigenvalue weighted by Gasteiger charge is 2.50. The van der Waals surface area contributed by atoms with Gasteiger partial charge in [-0.2, -0.15) is 0 Å². The first-order chi connectivity index (χ1) is 10.4. The van der Waals surface area contributed by atoms with Gasteiger partial charge in [0.2, 0.25) is 0 Å². The summed E-state index contributed by atoms with van der Waals surface area (Å²) in [5, 5.41) is 7.22. The van der Waals surface area contributed by atoms with Gasteiger partial charge in [0.15, 0.2) is 0 Å². The van der Waals surface area contributed by atoms with E-state index < -0.39 is 5.60 Å². The van der Waals surface area contributed by atoms with Crippen LogP contribution in [0.4, 0.5) is 4.79 Å². The molecule has 0 aromatic carbocycles. The van der Waals surface area contributed by atoms with E-state index in [1.54, 1.807) is 0 Å². The van der Waals surface area contributed by atoms with Crippen LogP contribution in [0.3, 0.4) is 0 Å². The van der Waals surface area contributed by atoms with E-state index in [9.17, 15) is 4.79 Å². The maximum Gasteiger partial charge on any atom is 0.410 e. The van der Waals surface area contributed by atoms with E-state index in [0.717, 1.165) is 45.3 Å². The van der Waals surface area contributed by atoms with Crippen molar-refractivity contribution in [3.05, 3.63) is 0 Å². The van der Waals surface area contributed by atoms with Crippen molar-refractivity contribution in [3.8, 4) is 0 Å². The van der Waals surface area contributed by atoms with E-state index in [1.165, 1.54) is 12.8 Å². The largest absolute Gasteiger partial charge is 0.444 e. The van der Waals surface area contributed by atoms with Crippen LogP contribution in [0.15, 0.2) is 0 Å². The van der Waals surface area contributed by atoms with Gasteiger partial charge in [0.05, 0.1) is 0 Å². The highest BCUT2D eigenvalue weighted by molar-refractivity contribution is 5.69. The zero-order valence-corrected chi connectivity index (χ0v) is 14.3. The molecule has 3 aliphatic rings. The van der Waals surface area contributed by atoms with Gasteiger partial charge in [0, 0.05) is 30.7 Å². The number of rotatable bonds is 2. The lowest BCUT2D eigenvalue weighted by atomic mass is 9.69. The van der Waals surface area contributed by atoms with Crippen molar-refractivity contribution >= 4 is 6.09 Å². The lowest BCUT2D eigenvalue weighted by Crippen LogP contribution is -2.64. The maximum absolute atomic E-state index is 12.5.